The molecule has 1 aromatic carbocycles. The van der Waals surface area contributed by atoms with Crippen molar-refractivity contribution < 1.29 is 19.4 Å². The number of aromatic carboxylic acids is 1. The topological polar surface area (TPSA) is 78.9 Å². The average Bonchev–Trinajstić information content (AvgIpc) is 2.52. The zero-order valence-electron chi connectivity index (χ0n) is 12.0. The second-order valence-electron chi connectivity index (χ2n) is 4.93. The van der Waals surface area contributed by atoms with E-state index in [1.54, 1.807) is 24.3 Å². The smallest absolute Gasteiger partial charge is 0.335 e. The number of morpholine rings is 1. The number of nitrogens with zero attached hydrogens (tertiary/aromatic N) is 1. The molecule has 2 rings (SSSR count). The van der Waals surface area contributed by atoms with Crippen molar-refractivity contribution in [2.24, 2.45) is 0 Å². The van der Waals surface area contributed by atoms with Gasteiger partial charge < -0.3 is 20.1 Å². The second-order valence-corrected chi connectivity index (χ2v) is 4.93. The van der Waals surface area contributed by atoms with E-state index in [4.69, 9.17) is 9.84 Å². The average molecular weight is 292 g/mol. The van der Waals surface area contributed by atoms with Crippen LogP contribution in [0.3, 0.4) is 0 Å². The van der Waals surface area contributed by atoms with Crippen LogP contribution in [0.2, 0.25) is 0 Å². The molecule has 0 saturated carbocycles. The van der Waals surface area contributed by atoms with Crippen LogP contribution in [-0.4, -0.2) is 49.3 Å². The predicted molar refractivity (Wildman–Crippen MR) is 78.7 cm³/mol. The van der Waals surface area contributed by atoms with Gasteiger partial charge in [-0.1, -0.05) is 6.92 Å². The van der Waals surface area contributed by atoms with Gasteiger partial charge in [-0.2, -0.15) is 0 Å². The number of carboxylic acid groups (broad SMARTS) is 1. The van der Waals surface area contributed by atoms with Gasteiger partial charge in [-0.3, -0.25) is 4.79 Å². The summed E-state index contributed by atoms with van der Waals surface area (Å²) in [5.74, 6) is -1.01. The van der Waals surface area contributed by atoms with Crippen LogP contribution in [0.25, 0.3) is 0 Å². The lowest BCUT2D eigenvalue weighted by Gasteiger charge is -2.36. The van der Waals surface area contributed by atoms with Crippen LogP contribution in [0.5, 0.6) is 0 Å². The third kappa shape index (κ3) is 3.72. The van der Waals surface area contributed by atoms with E-state index < -0.39 is 5.97 Å². The Bertz CT molecular complexity index is 501. The van der Waals surface area contributed by atoms with Crippen molar-refractivity contribution in [3.8, 4) is 0 Å². The molecule has 1 aliphatic rings. The van der Waals surface area contributed by atoms with Gasteiger partial charge in [0.1, 0.15) is 6.04 Å². The Morgan fingerprint density at radius 3 is 2.71 bits per heavy atom. The second kappa shape index (κ2) is 7.08. The standard InChI is InChI=1S/C15H20N2O4/c1-2-7-16-14(18)13-10-21-9-8-17(13)12-5-3-11(4-6-12)15(19)20/h3-6,13H,2,7-10H2,1H3,(H,16,18)(H,19,20). The Balaban J connectivity index is 2.14. The summed E-state index contributed by atoms with van der Waals surface area (Å²) in [6, 6.07) is 6.19. The van der Waals surface area contributed by atoms with Gasteiger partial charge in [-0.05, 0) is 30.7 Å². The molecule has 0 aromatic heterocycles. The number of nitrogens with one attached hydrogen (secondary N) is 1. The molecule has 0 radical (unpaired) electrons. The van der Waals surface area contributed by atoms with E-state index in [9.17, 15) is 9.59 Å². The van der Waals surface area contributed by atoms with E-state index in [0.29, 0.717) is 26.3 Å². The van der Waals surface area contributed by atoms with E-state index in [1.165, 1.54) is 0 Å². The molecular formula is C15H20N2O4. The number of carboxylic acids is 1. The fraction of sp³-hybridized carbons (Fsp3) is 0.467. The molecule has 1 heterocycles. The van der Waals surface area contributed by atoms with Gasteiger partial charge in [0.25, 0.3) is 0 Å². The molecule has 1 saturated heterocycles. The summed E-state index contributed by atoms with van der Waals surface area (Å²) in [7, 11) is 0. The van der Waals surface area contributed by atoms with Gasteiger partial charge in [-0.15, -0.1) is 0 Å². The molecule has 6 nitrogen and oxygen atoms in total. The van der Waals surface area contributed by atoms with E-state index in [2.05, 4.69) is 5.32 Å². The Hall–Kier alpha value is -2.08. The highest BCUT2D eigenvalue weighted by molar-refractivity contribution is 5.89. The molecule has 6 heteroatoms. The maximum absolute atomic E-state index is 12.2. The van der Waals surface area contributed by atoms with Crippen molar-refractivity contribution in [2.45, 2.75) is 19.4 Å². The van der Waals surface area contributed by atoms with Crippen molar-refractivity contribution in [2.75, 3.05) is 31.2 Å². The third-order valence-corrected chi connectivity index (χ3v) is 3.43. The van der Waals surface area contributed by atoms with Crippen LogP contribution < -0.4 is 10.2 Å². The summed E-state index contributed by atoms with van der Waals surface area (Å²) in [5, 5.41) is 11.8. The van der Waals surface area contributed by atoms with E-state index in [1.807, 2.05) is 11.8 Å². The fourth-order valence-corrected chi connectivity index (χ4v) is 2.29. The lowest BCUT2D eigenvalue weighted by Crippen LogP contribution is -2.54. The quantitative estimate of drug-likeness (QED) is 0.850. The highest BCUT2D eigenvalue weighted by Crippen LogP contribution is 2.20. The number of benzene rings is 1. The highest BCUT2D eigenvalue weighted by atomic mass is 16.5. The number of rotatable bonds is 5. The number of ether oxygens (including phenoxy) is 1. The molecule has 1 amide bonds. The first-order valence-corrected chi connectivity index (χ1v) is 7.09. The summed E-state index contributed by atoms with van der Waals surface area (Å²) in [6.07, 6.45) is 0.882. The van der Waals surface area contributed by atoms with Crippen LogP contribution in [0.1, 0.15) is 23.7 Å². The highest BCUT2D eigenvalue weighted by Gasteiger charge is 2.29. The van der Waals surface area contributed by atoms with E-state index >= 15 is 0 Å². The summed E-state index contributed by atoms with van der Waals surface area (Å²) in [6.45, 7) is 4.15. The molecule has 1 fully saturated rings. The van der Waals surface area contributed by atoms with Gasteiger partial charge in [0.05, 0.1) is 18.8 Å². The lowest BCUT2D eigenvalue weighted by molar-refractivity contribution is -0.124. The van der Waals surface area contributed by atoms with Crippen LogP contribution in [0, 0.1) is 0 Å². The van der Waals surface area contributed by atoms with Crippen molar-refractivity contribution in [1.29, 1.82) is 0 Å². The maximum Gasteiger partial charge on any atom is 0.335 e. The normalized spacial score (nSPS) is 18.3. The molecule has 21 heavy (non-hydrogen) atoms. The summed E-state index contributed by atoms with van der Waals surface area (Å²) in [4.78, 5) is 25.0. The molecule has 1 aliphatic heterocycles. The molecular weight excluding hydrogens is 272 g/mol. The Labute approximate surface area is 123 Å². The number of amides is 1. The first kappa shape index (κ1) is 15.3. The predicted octanol–water partition coefficient (Wildman–Crippen LogP) is 1.12. The summed E-state index contributed by atoms with van der Waals surface area (Å²) >= 11 is 0. The van der Waals surface area contributed by atoms with E-state index in [-0.39, 0.29) is 17.5 Å². The van der Waals surface area contributed by atoms with Gasteiger partial charge in [0.2, 0.25) is 5.91 Å². The van der Waals surface area contributed by atoms with Crippen molar-refractivity contribution in [3.05, 3.63) is 29.8 Å². The van der Waals surface area contributed by atoms with Crippen molar-refractivity contribution in [3.63, 3.8) is 0 Å². The molecule has 1 aromatic rings. The molecule has 114 valence electrons. The van der Waals surface area contributed by atoms with Crippen molar-refractivity contribution >= 4 is 17.6 Å². The van der Waals surface area contributed by atoms with Gasteiger partial charge in [0.15, 0.2) is 0 Å². The minimum Gasteiger partial charge on any atom is -0.478 e. The lowest BCUT2D eigenvalue weighted by atomic mass is 10.1. The van der Waals surface area contributed by atoms with Gasteiger partial charge in [-0.25, -0.2) is 4.79 Å². The zero-order chi connectivity index (χ0) is 15.2. The van der Waals surface area contributed by atoms with Crippen LogP contribution in [0.15, 0.2) is 24.3 Å². The van der Waals surface area contributed by atoms with Crippen LogP contribution in [0.4, 0.5) is 5.69 Å². The monoisotopic (exact) mass is 292 g/mol. The first-order chi connectivity index (χ1) is 10.1. The molecule has 0 spiro atoms. The minimum absolute atomic E-state index is 0.0566. The van der Waals surface area contributed by atoms with Crippen LogP contribution in [-0.2, 0) is 9.53 Å². The molecule has 1 atom stereocenters. The molecule has 0 bridgehead atoms. The number of hydrogen-bond acceptors (Lipinski definition) is 4. The Morgan fingerprint density at radius 1 is 1.38 bits per heavy atom. The first-order valence-electron chi connectivity index (χ1n) is 7.09. The zero-order valence-corrected chi connectivity index (χ0v) is 12.0. The Kier molecular flexibility index (Phi) is 5.16. The minimum atomic E-state index is -0.958. The number of carbonyl (C=O) groups excluding carboxylic acids is 1. The molecule has 1 unspecified atom stereocenters. The molecule has 2 N–H and O–H groups in total. The summed E-state index contributed by atoms with van der Waals surface area (Å²) in [5.41, 5.74) is 1.07. The van der Waals surface area contributed by atoms with Crippen molar-refractivity contribution in [1.82, 2.24) is 5.32 Å². The van der Waals surface area contributed by atoms with Gasteiger partial charge >= 0.3 is 5.97 Å². The third-order valence-electron chi connectivity index (χ3n) is 3.43. The number of carbonyl (C=O) groups is 2. The number of anilines is 1. The molecule has 0 aliphatic carbocycles. The SMILES string of the molecule is CCCNC(=O)C1COCCN1c1ccc(C(=O)O)cc1. The van der Waals surface area contributed by atoms with Gasteiger partial charge in [0, 0.05) is 18.8 Å². The van der Waals surface area contributed by atoms with Crippen LogP contribution >= 0.6 is 0 Å². The summed E-state index contributed by atoms with van der Waals surface area (Å²) < 4.78 is 5.40. The largest absolute Gasteiger partial charge is 0.478 e. The van der Waals surface area contributed by atoms with E-state index in [0.717, 1.165) is 12.1 Å². The number of hydrogen-bond donors (Lipinski definition) is 2. The maximum atomic E-state index is 12.2. The fourth-order valence-electron chi connectivity index (χ4n) is 2.29. The Morgan fingerprint density at radius 2 is 2.10 bits per heavy atom.